The van der Waals surface area contributed by atoms with Gasteiger partial charge in [0.2, 0.25) is 5.22 Å². The minimum Gasteiger partial charge on any atom is -0.452 e. The Morgan fingerprint density at radius 2 is 2.35 bits per heavy atom. The van der Waals surface area contributed by atoms with Gasteiger partial charge in [0.05, 0.1) is 23.4 Å². The number of furan rings is 1. The number of pyridine rings is 1. The Balaban J connectivity index is 1.98. The summed E-state index contributed by atoms with van der Waals surface area (Å²) in [6, 6.07) is 5.54. The molecule has 2 aromatic heterocycles. The number of halogens is 1. The van der Waals surface area contributed by atoms with Crippen LogP contribution in [-0.2, 0) is 6.42 Å². The number of hydrogen-bond acceptors (Lipinski definition) is 3. The quantitative estimate of drug-likeness (QED) is 0.765. The van der Waals surface area contributed by atoms with Gasteiger partial charge in [-0.1, -0.05) is 6.07 Å². The Bertz CT molecular complexity index is 576. The van der Waals surface area contributed by atoms with Gasteiger partial charge in [-0.2, -0.15) is 0 Å². The first-order valence-corrected chi connectivity index (χ1v) is 5.86. The fraction of sp³-hybridized carbons (Fsp3) is 0.231. The molecule has 0 amide bonds. The van der Waals surface area contributed by atoms with Gasteiger partial charge in [-0.25, -0.2) is 0 Å². The molecule has 3 rings (SSSR count). The molecule has 0 spiro atoms. The first-order chi connectivity index (χ1) is 8.27. The largest absolute Gasteiger partial charge is 0.452 e. The molecule has 2 aromatic rings. The van der Waals surface area contributed by atoms with Crippen molar-refractivity contribution < 1.29 is 9.21 Å². The smallest absolute Gasteiger partial charge is 0.203 e. The zero-order valence-electron chi connectivity index (χ0n) is 9.02. The van der Waals surface area contributed by atoms with Crippen molar-refractivity contribution in [3.63, 3.8) is 0 Å². The average molecular weight is 248 g/mol. The monoisotopic (exact) mass is 247 g/mol. The van der Waals surface area contributed by atoms with E-state index >= 15 is 0 Å². The van der Waals surface area contributed by atoms with E-state index in [0.717, 1.165) is 24.1 Å². The van der Waals surface area contributed by atoms with Crippen molar-refractivity contribution in [1.82, 2.24) is 4.98 Å². The summed E-state index contributed by atoms with van der Waals surface area (Å²) in [7, 11) is 0. The zero-order chi connectivity index (χ0) is 11.8. The van der Waals surface area contributed by atoms with Gasteiger partial charge in [-0.15, -0.1) is 0 Å². The van der Waals surface area contributed by atoms with Gasteiger partial charge in [0.1, 0.15) is 0 Å². The van der Waals surface area contributed by atoms with Crippen LogP contribution in [0.5, 0.6) is 0 Å². The van der Waals surface area contributed by atoms with Crippen LogP contribution in [0.2, 0.25) is 5.22 Å². The first kappa shape index (κ1) is 10.5. The lowest BCUT2D eigenvalue weighted by atomic mass is 9.97. The second-order valence-corrected chi connectivity index (χ2v) is 4.45. The molecule has 0 N–H and O–H groups in total. The van der Waals surface area contributed by atoms with E-state index in [9.17, 15) is 4.79 Å². The number of fused-ring (bicyclic) bond motifs is 1. The van der Waals surface area contributed by atoms with Crippen molar-refractivity contribution >= 4 is 17.4 Å². The molecule has 17 heavy (non-hydrogen) atoms. The number of ketones is 1. The van der Waals surface area contributed by atoms with E-state index in [1.165, 1.54) is 6.26 Å². The van der Waals surface area contributed by atoms with E-state index in [1.54, 1.807) is 12.3 Å². The summed E-state index contributed by atoms with van der Waals surface area (Å²) in [5, 5.41) is 0.166. The van der Waals surface area contributed by atoms with E-state index in [0.29, 0.717) is 5.56 Å². The summed E-state index contributed by atoms with van der Waals surface area (Å²) in [5.41, 5.74) is 2.50. The van der Waals surface area contributed by atoms with E-state index < -0.39 is 0 Å². The highest BCUT2D eigenvalue weighted by Crippen LogP contribution is 2.35. The summed E-state index contributed by atoms with van der Waals surface area (Å²) in [6.07, 6.45) is 4.85. The minimum atomic E-state index is -0.179. The Morgan fingerprint density at radius 3 is 3.12 bits per heavy atom. The van der Waals surface area contributed by atoms with Crippen LogP contribution < -0.4 is 0 Å². The number of carbonyl (C=O) groups is 1. The summed E-state index contributed by atoms with van der Waals surface area (Å²) in [4.78, 5) is 16.6. The van der Waals surface area contributed by atoms with E-state index in [4.69, 9.17) is 16.0 Å². The molecule has 0 aromatic carbocycles. The standard InChI is InChI=1S/C13H10ClNO2/c14-13-10(5-7-17-13)12(16)9-4-3-8-2-1-6-15-11(8)9/h1-2,5-7,9H,3-4H2. The number of Topliss-reactive ketones (excluding diaryl/α,β-unsaturated/α-hetero) is 1. The van der Waals surface area contributed by atoms with Crippen molar-refractivity contribution in [2.24, 2.45) is 0 Å². The van der Waals surface area contributed by atoms with Gasteiger partial charge in [0.25, 0.3) is 0 Å². The van der Waals surface area contributed by atoms with E-state index in [-0.39, 0.29) is 16.9 Å². The molecule has 0 saturated carbocycles. The van der Waals surface area contributed by atoms with Crippen LogP contribution in [0.15, 0.2) is 35.1 Å². The lowest BCUT2D eigenvalue weighted by Gasteiger charge is -2.07. The maximum Gasteiger partial charge on any atom is 0.203 e. The molecule has 0 bridgehead atoms. The minimum absolute atomic E-state index is 0.00111. The Labute approximate surface area is 103 Å². The summed E-state index contributed by atoms with van der Waals surface area (Å²) < 4.78 is 4.96. The third-order valence-corrected chi connectivity index (χ3v) is 3.45. The second kappa shape index (κ2) is 4.00. The van der Waals surface area contributed by atoms with E-state index in [1.807, 2.05) is 12.1 Å². The molecule has 3 nitrogen and oxygen atoms in total. The van der Waals surface area contributed by atoms with Gasteiger partial charge in [-0.05, 0) is 42.1 Å². The number of aryl methyl sites for hydroxylation is 1. The maximum absolute atomic E-state index is 12.3. The zero-order valence-corrected chi connectivity index (χ0v) is 9.78. The van der Waals surface area contributed by atoms with Crippen molar-refractivity contribution in [2.45, 2.75) is 18.8 Å². The fourth-order valence-corrected chi connectivity index (χ4v) is 2.53. The van der Waals surface area contributed by atoms with E-state index in [2.05, 4.69) is 4.98 Å². The Morgan fingerprint density at radius 1 is 1.47 bits per heavy atom. The van der Waals surface area contributed by atoms with Crippen LogP contribution in [0.25, 0.3) is 0 Å². The molecular weight excluding hydrogens is 238 g/mol. The molecular formula is C13H10ClNO2. The van der Waals surface area contributed by atoms with Crippen molar-refractivity contribution in [3.8, 4) is 0 Å². The SMILES string of the molecule is O=C(c1ccoc1Cl)C1CCc2cccnc21. The highest BCUT2D eigenvalue weighted by molar-refractivity contribution is 6.32. The van der Waals surface area contributed by atoms with Gasteiger partial charge < -0.3 is 4.42 Å². The first-order valence-electron chi connectivity index (χ1n) is 5.48. The molecule has 1 atom stereocenters. The molecule has 0 saturated heterocycles. The van der Waals surface area contributed by atoms with Crippen molar-refractivity contribution in [3.05, 3.63) is 52.7 Å². The highest BCUT2D eigenvalue weighted by Gasteiger charge is 2.32. The molecule has 0 radical (unpaired) electrons. The van der Waals surface area contributed by atoms with Gasteiger partial charge in [0, 0.05) is 6.20 Å². The topological polar surface area (TPSA) is 43.1 Å². The number of rotatable bonds is 2. The third-order valence-electron chi connectivity index (χ3n) is 3.16. The molecule has 1 aliphatic rings. The van der Waals surface area contributed by atoms with Crippen LogP contribution in [0.1, 0.15) is 34.0 Å². The summed E-state index contributed by atoms with van der Waals surface area (Å²) >= 11 is 5.83. The highest BCUT2D eigenvalue weighted by atomic mass is 35.5. The van der Waals surface area contributed by atoms with Crippen LogP contribution in [0.4, 0.5) is 0 Å². The van der Waals surface area contributed by atoms with Crippen LogP contribution in [-0.4, -0.2) is 10.8 Å². The van der Waals surface area contributed by atoms with Crippen molar-refractivity contribution in [1.29, 1.82) is 0 Å². The lowest BCUT2D eigenvalue weighted by Crippen LogP contribution is -2.10. The molecule has 1 aliphatic carbocycles. The maximum atomic E-state index is 12.3. The molecule has 4 heteroatoms. The van der Waals surface area contributed by atoms with Crippen LogP contribution in [0, 0.1) is 0 Å². The fourth-order valence-electron chi connectivity index (χ4n) is 2.33. The van der Waals surface area contributed by atoms with Crippen molar-refractivity contribution in [2.75, 3.05) is 0 Å². The van der Waals surface area contributed by atoms with Gasteiger partial charge in [0.15, 0.2) is 5.78 Å². The molecule has 1 unspecified atom stereocenters. The van der Waals surface area contributed by atoms with Gasteiger partial charge >= 0.3 is 0 Å². The summed E-state index contributed by atoms with van der Waals surface area (Å²) in [5.74, 6) is -0.178. The predicted octanol–water partition coefficient (Wildman–Crippen LogP) is 3.24. The summed E-state index contributed by atoms with van der Waals surface area (Å²) in [6.45, 7) is 0. The third kappa shape index (κ3) is 1.67. The molecule has 86 valence electrons. The Kier molecular flexibility index (Phi) is 2.48. The predicted molar refractivity (Wildman–Crippen MR) is 63.3 cm³/mol. The van der Waals surface area contributed by atoms with Gasteiger partial charge in [-0.3, -0.25) is 9.78 Å². The molecule has 2 heterocycles. The molecule has 0 aliphatic heterocycles. The lowest BCUT2D eigenvalue weighted by molar-refractivity contribution is 0.0957. The normalized spacial score (nSPS) is 18.1. The Hall–Kier alpha value is -1.61. The second-order valence-electron chi connectivity index (χ2n) is 4.11. The number of carbonyl (C=O) groups excluding carboxylic acids is 1. The number of aromatic nitrogens is 1. The molecule has 0 fully saturated rings. The average Bonchev–Trinajstić information content (AvgIpc) is 2.94. The van der Waals surface area contributed by atoms with Crippen LogP contribution >= 0.6 is 11.6 Å². The van der Waals surface area contributed by atoms with Crippen LogP contribution in [0.3, 0.4) is 0 Å². The number of nitrogens with zero attached hydrogens (tertiary/aromatic N) is 1. The number of hydrogen-bond donors (Lipinski definition) is 0.